The van der Waals surface area contributed by atoms with Gasteiger partial charge in [-0.25, -0.2) is 0 Å². The van der Waals surface area contributed by atoms with Crippen molar-refractivity contribution in [2.75, 3.05) is 13.1 Å². The summed E-state index contributed by atoms with van der Waals surface area (Å²) in [6, 6.07) is 12.6. The Balaban J connectivity index is 1.32. The minimum Gasteiger partial charge on any atom is -0.334 e. The molecule has 0 saturated carbocycles. The molecule has 0 bridgehead atoms. The molecule has 2 aliphatic heterocycles. The van der Waals surface area contributed by atoms with Gasteiger partial charge in [0, 0.05) is 29.7 Å². The molecule has 26 heavy (non-hydrogen) atoms. The molecule has 2 aromatic carbocycles. The molecule has 0 saturated heterocycles. The van der Waals surface area contributed by atoms with Crippen LogP contribution in [0.2, 0.25) is 0 Å². The fourth-order valence-corrected chi connectivity index (χ4v) is 4.04. The number of amides is 3. The van der Waals surface area contributed by atoms with Gasteiger partial charge in [-0.3, -0.25) is 19.3 Å². The lowest BCUT2D eigenvalue weighted by atomic mass is 10.1. The number of rotatable bonds is 5. The third kappa shape index (κ3) is 2.74. The summed E-state index contributed by atoms with van der Waals surface area (Å²) in [5, 5.41) is 0. The molecule has 0 N–H and O–H groups in total. The first-order valence-corrected chi connectivity index (χ1v) is 9.39. The maximum absolute atomic E-state index is 12.4. The molecule has 2 heterocycles. The lowest BCUT2D eigenvalue weighted by Crippen LogP contribution is -2.31. The number of halogens is 1. The second-order valence-corrected chi connectivity index (χ2v) is 7.36. The zero-order valence-corrected chi connectivity index (χ0v) is 15.7. The normalized spacial score (nSPS) is 15.7. The van der Waals surface area contributed by atoms with E-state index >= 15 is 0 Å². The van der Waals surface area contributed by atoms with E-state index in [-0.39, 0.29) is 17.7 Å². The molecule has 2 aromatic rings. The molecule has 132 valence electrons. The van der Waals surface area contributed by atoms with Crippen LogP contribution < -0.4 is 0 Å². The molecule has 0 radical (unpaired) electrons. The molecule has 0 aliphatic carbocycles. The Morgan fingerprint density at radius 3 is 2.04 bits per heavy atom. The Kier molecular flexibility index (Phi) is 4.36. The predicted octanol–water partition coefficient (Wildman–Crippen LogP) is 3.48. The van der Waals surface area contributed by atoms with Crippen molar-refractivity contribution in [3.05, 3.63) is 69.2 Å². The van der Waals surface area contributed by atoms with E-state index in [4.69, 9.17) is 0 Å². The monoisotopic (exact) mass is 412 g/mol. The van der Waals surface area contributed by atoms with Crippen LogP contribution in [0.4, 0.5) is 0 Å². The van der Waals surface area contributed by atoms with Crippen molar-refractivity contribution in [2.24, 2.45) is 0 Å². The van der Waals surface area contributed by atoms with Crippen molar-refractivity contribution >= 4 is 33.7 Å². The standard InChI is InChI=1S/C20H17BrN2O3/c21-17-9-5-8-15-16(17)12-22(18(15)24)10-3-4-11-23-19(25)13-6-1-2-7-14(13)20(23)26/h1-2,5-9H,3-4,10-12H2. The Bertz CT molecular complexity index is 890. The maximum Gasteiger partial charge on any atom is 0.261 e. The summed E-state index contributed by atoms with van der Waals surface area (Å²) in [7, 11) is 0. The number of fused-ring (bicyclic) bond motifs is 2. The van der Waals surface area contributed by atoms with E-state index in [0.717, 1.165) is 22.0 Å². The van der Waals surface area contributed by atoms with Gasteiger partial charge < -0.3 is 4.90 Å². The number of carbonyl (C=O) groups excluding carboxylic acids is 3. The van der Waals surface area contributed by atoms with Crippen LogP contribution in [-0.4, -0.2) is 40.6 Å². The third-order valence-electron chi connectivity index (χ3n) is 4.92. The highest BCUT2D eigenvalue weighted by atomic mass is 79.9. The zero-order chi connectivity index (χ0) is 18.3. The molecule has 4 rings (SSSR count). The van der Waals surface area contributed by atoms with Crippen LogP contribution >= 0.6 is 15.9 Å². The Hall–Kier alpha value is -2.47. The fourth-order valence-electron chi connectivity index (χ4n) is 3.55. The quantitative estimate of drug-likeness (QED) is 0.557. The van der Waals surface area contributed by atoms with Gasteiger partial charge in [0.05, 0.1) is 11.1 Å². The first kappa shape index (κ1) is 17.0. The number of unbranched alkanes of at least 4 members (excludes halogenated alkanes) is 1. The van der Waals surface area contributed by atoms with E-state index in [0.29, 0.717) is 37.2 Å². The van der Waals surface area contributed by atoms with Gasteiger partial charge in [0.2, 0.25) is 0 Å². The molecular weight excluding hydrogens is 396 g/mol. The summed E-state index contributed by atoms with van der Waals surface area (Å²) in [6.45, 7) is 1.59. The Morgan fingerprint density at radius 1 is 0.769 bits per heavy atom. The smallest absolute Gasteiger partial charge is 0.261 e. The lowest BCUT2D eigenvalue weighted by molar-refractivity contribution is 0.0643. The van der Waals surface area contributed by atoms with Gasteiger partial charge >= 0.3 is 0 Å². The predicted molar refractivity (Wildman–Crippen MR) is 99.9 cm³/mol. The Labute approximate surface area is 159 Å². The molecule has 6 heteroatoms. The Morgan fingerprint density at radius 2 is 1.38 bits per heavy atom. The van der Waals surface area contributed by atoms with Crippen molar-refractivity contribution in [3.8, 4) is 0 Å². The second-order valence-electron chi connectivity index (χ2n) is 6.51. The maximum atomic E-state index is 12.4. The first-order chi connectivity index (χ1) is 12.6. The van der Waals surface area contributed by atoms with E-state index in [1.165, 1.54) is 4.90 Å². The van der Waals surface area contributed by atoms with Crippen LogP contribution in [0.3, 0.4) is 0 Å². The number of hydrogen-bond acceptors (Lipinski definition) is 3. The highest BCUT2D eigenvalue weighted by Crippen LogP contribution is 2.29. The van der Waals surface area contributed by atoms with E-state index in [9.17, 15) is 14.4 Å². The van der Waals surface area contributed by atoms with Crippen LogP contribution in [0, 0.1) is 0 Å². The topological polar surface area (TPSA) is 57.7 Å². The zero-order valence-electron chi connectivity index (χ0n) is 14.1. The summed E-state index contributed by atoms with van der Waals surface area (Å²) in [5.74, 6) is -0.402. The molecule has 3 amide bonds. The number of benzene rings is 2. The number of nitrogens with zero attached hydrogens (tertiary/aromatic N) is 2. The minimum absolute atomic E-state index is 0.0435. The largest absolute Gasteiger partial charge is 0.334 e. The summed E-state index contributed by atoms with van der Waals surface area (Å²) in [4.78, 5) is 40.2. The minimum atomic E-state index is -0.223. The number of carbonyl (C=O) groups is 3. The fraction of sp³-hybridized carbons (Fsp3) is 0.250. The first-order valence-electron chi connectivity index (χ1n) is 8.60. The van der Waals surface area contributed by atoms with Crippen molar-refractivity contribution in [1.82, 2.24) is 9.80 Å². The van der Waals surface area contributed by atoms with Crippen molar-refractivity contribution in [2.45, 2.75) is 19.4 Å². The van der Waals surface area contributed by atoms with Crippen molar-refractivity contribution in [1.29, 1.82) is 0 Å². The summed E-state index contributed by atoms with van der Waals surface area (Å²) in [5.41, 5.74) is 2.73. The highest BCUT2D eigenvalue weighted by molar-refractivity contribution is 9.10. The molecule has 0 spiro atoms. The molecule has 2 aliphatic rings. The van der Waals surface area contributed by atoms with Crippen molar-refractivity contribution < 1.29 is 14.4 Å². The van der Waals surface area contributed by atoms with Gasteiger partial charge in [-0.1, -0.05) is 34.1 Å². The van der Waals surface area contributed by atoms with E-state index < -0.39 is 0 Å². The molecule has 5 nitrogen and oxygen atoms in total. The number of hydrogen-bond donors (Lipinski definition) is 0. The SMILES string of the molecule is O=C1c2cccc(Br)c2CN1CCCCN1C(=O)c2ccccc2C1=O. The van der Waals surface area contributed by atoms with Crippen LogP contribution in [0.1, 0.15) is 49.5 Å². The summed E-state index contributed by atoms with van der Waals surface area (Å²) in [6.07, 6.45) is 1.41. The van der Waals surface area contributed by atoms with Gasteiger partial charge in [0.1, 0.15) is 0 Å². The van der Waals surface area contributed by atoms with Gasteiger partial charge in [-0.05, 0) is 42.7 Å². The van der Waals surface area contributed by atoms with E-state index in [1.54, 1.807) is 24.3 Å². The van der Waals surface area contributed by atoms with Crippen LogP contribution in [0.5, 0.6) is 0 Å². The average Bonchev–Trinajstić information content (AvgIpc) is 3.10. The van der Waals surface area contributed by atoms with Crippen LogP contribution in [0.15, 0.2) is 46.9 Å². The van der Waals surface area contributed by atoms with Gasteiger partial charge in [0.25, 0.3) is 17.7 Å². The molecule has 0 fully saturated rings. The molecule has 0 unspecified atom stereocenters. The molecular formula is C20H17BrN2O3. The molecule has 0 aromatic heterocycles. The summed E-state index contributed by atoms with van der Waals surface area (Å²) < 4.78 is 0.955. The van der Waals surface area contributed by atoms with Gasteiger partial charge in [-0.15, -0.1) is 0 Å². The highest BCUT2D eigenvalue weighted by Gasteiger charge is 2.34. The lowest BCUT2D eigenvalue weighted by Gasteiger charge is -2.17. The van der Waals surface area contributed by atoms with Crippen LogP contribution in [-0.2, 0) is 6.54 Å². The average molecular weight is 413 g/mol. The third-order valence-corrected chi connectivity index (χ3v) is 5.67. The van der Waals surface area contributed by atoms with E-state index in [1.807, 2.05) is 23.1 Å². The van der Waals surface area contributed by atoms with Crippen molar-refractivity contribution in [3.63, 3.8) is 0 Å². The van der Waals surface area contributed by atoms with Gasteiger partial charge in [0.15, 0.2) is 0 Å². The second kappa shape index (κ2) is 6.68. The summed E-state index contributed by atoms with van der Waals surface area (Å²) >= 11 is 3.50. The van der Waals surface area contributed by atoms with Crippen LogP contribution in [0.25, 0.3) is 0 Å². The van der Waals surface area contributed by atoms with E-state index in [2.05, 4.69) is 15.9 Å². The molecule has 0 atom stereocenters. The van der Waals surface area contributed by atoms with Gasteiger partial charge in [-0.2, -0.15) is 0 Å². The number of imide groups is 1.